The molecule has 0 bridgehead atoms. The van der Waals surface area contributed by atoms with E-state index in [1.165, 1.54) is 36.8 Å². The van der Waals surface area contributed by atoms with Crippen LogP contribution in [0.2, 0.25) is 0 Å². The van der Waals surface area contributed by atoms with Gasteiger partial charge in [0.1, 0.15) is 0 Å². The third-order valence-electron chi connectivity index (χ3n) is 3.47. The molecule has 1 aliphatic carbocycles. The van der Waals surface area contributed by atoms with Crippen molar-refractivity contribution in [2.45, 2.75) is 51.4 Å². The average Bonchev–Trinajstić information content (AvgIpc) is 2.37. The van der Waals surface area contributed by atoms with Crippen LogP contribution in [0.25, 0.3) is 0 Å². The zero-order valence-corrected chi connectivity index (χ0v) is 10.8. The van der Waals surface area contributed by atoms with Crippen LogP contribution in [0.15, 0.2) is 18.5 Å². The number of nitrogens with one attached hydrogen (secondary N) is 1. The van der Waals surface area contributed by atoms with E-state index < -0.39 is 0 Å². The summed E-state index contributed by atoms with van der Waals surface area (Å²) in [6, 6.07) is 2.66. The summed E-state index contributed by atoms with van der Waals surface area (Å²) in [6.07, 6.45) is 9.13. The lowest BCUT2D eigenvalue weighted by molar-refractivity contribution is -0.00373. The molecule has 1 aromatic rings. The lowest BCUT2D eigenvalue weighted by Crippen LogP contribution is -2.41. The molecule has 1 aromatic heterocycles. The molecular formula is C14H22N2O. The van der Waals surface area contributed by atoms with E-state index in [-0.39, 0.29) is 0 Å². The molecule has 0 aliphatic heterocycles. The standard InChI is InChI=1S/C14H22N2O/c1-11-7-12(9-16-8-11)10-17-14-6-4-3-5-13(14)15-2/h7-9,13-15H,3-6,10H2,1-2H3. The van der Waals surface area contributed by atoms with E-state index in [2.05, 4.69) is 23.3 Å². The van der Waals surface area contributed by atoms with Crippen molar-refractivity contribution in [1.82, 2.24) is 10.3 Å². The molecule has 94 valence electrons. The number of hydrogen-bond donors (Lipinski definition) is 1. The predicted molar refractivity (Wildman–Crippen MR) is 68.9 cm³/mol. The summed E-state index contributed by atoms with van der Waals surface area (Å²) in [5.41, 5.74) is 2.37. The van der Waals surface area contributed by atoms with Crippen molar-refractivity contribution in [2.75, 3.05) is 7.05 Å². The van der Waals surface area contributed by atoms with Gasteiger partial charge in [-0.3, -0.25) is 4.98 Å². The monoisotopic (exact) mass is 234 g/mol. The van der Waals surface area contributed by atoms with Crippen molar-refractivity contribution in [3.05, 3.63) is 29.6 Å². The summed E-state index contributed by atoms with van der Waals surface area (Å²) in [5, 5.41) is 3.36. The Kier molecular flexibility index (Phi) is 4.51. The molecule has 0 radical (unpaired) electrons. The van der Waals surface area contributed by atoms with E-state index in [0.717, 1.165) is 0 Å². The molecule has 0 saturated heterocycles. The van der Waals surface area contributed by atoms with Crippen LogP contribution < -0.4 is 5.32 Å². The second-order valence-corrected chi connectivity index (χ2v) is 4.90. The molecule has 1 heterocycles. The van der Waals surface area contributed by atoms with E-state index in [0.29, 0.717) is 18.8 Å². The topological polar surface area (TPSA) is 34.1 Å². The molecule has 2 atom stereocenters. The summed E-state index contributed by atoms with van der Waals surface area (Å²) < 4.78 is 6.02. The van der Waals surface area contributed by atoms with Gasteiger partial charge in [-0.2, -0.15) is 0 Å². The number of rotatable bonds is 4. The molecular weight excluding hydrogens is 212 g/mol. The van der Waals surface area contributed by atoms with Crippen LogP contribution in [-0.4, -0.2) is 24.2 Å². The minimum atomic E-state index is 0.356. The first-order chi connectivity index (χ1) is 8.29. The third-order valence-corrected chi connectivity index (χ3v) is 3.47. The van der Waals surface area contributed by atoms with Gasteiger partial charge in [-0.1, -0.05) is 18.9 Å². The lowest BCUT2D eigenvalue weighted by Gasteiger charge is -2.31. The van der Waals surface area contributed by atoms with E-state index in [9.17, 15) is 0 Å². The molecule has 0 spiro atoms. The molecule has 1 saturated carbocycles. The van der Waals surface area contributed by atoms with Crippen LogP contribution in [0.1, 0.15) is 36.8 Å². The molecule has 2 unspecified atom stereocenters. The number of pyridine rings is 1. The fourth-order valence-electron chi connectivity index (χ4n) is 2.53. The van der Waals surface area contributed by atoms with E-state index in [4.69, 9.17) is 4.74 Å². The Bertz CT molecular complexity index is 354. The lowest BCUT2D eigenvalue weighted by atomic mass is 9.92. The predicted octanol–water partition coefficient (Wildman–Crippen LogP) is 2.44. The summed E-state index contributed by atoms with van der Waals surface area (Å²) in [5.74, 6) is 0. The average molecular weight is 234 g/mol. The number of ether oxygens (including phenoxy) is 1. The molecule has 3 heteroatoms. The second kappa shape index (κ2) is 6.12. The van der Waals surface area contributed by atoms with E-state index in [1.807, 2.05) is 19.4 Å². The number of aromatic nitrogens is 1. The van der Waals surface area contributed by atoms with Gasteiger partial charge in [0.05, 0.1) is 12.7 Å². The van der Waals surface area contributed by atoms with Gasteiger partial charge < -0.3 is 10.1 Å². The number of likely N-dealkylation sites (N-methyl/N-ethyl adjacent to an activating group) is 1. The van der Waals surface area contributed by atoms with Crippen LogP contribution in [0, 0.1) is 6.92 Å². The summed E-state index contributed by atoms with van der Waals surface area (Å²) in [4.78, 5) is 4.19. The molecule has 1 fully saturated rings. The highest BCUT2D eigenvalue weighted by molar-refractivity contribution is 5.15. The Morgan fingerprint density at radius 2 is 2.18 bits per heavy atom. The van der Waals surface area contributed by atoms with Gasteiger partial charge in [0.15, 0.2) is 0 Å². The highest BCUT2D eigenvalue weighted by atomic mass is 16.5. The van der Waals surface area contributed by atoms with Gasteiger partial charge in [-0.15, -0.1) is 0 Å². The Hall–Kier alpha value is -0.930. The van der Waals surface area contributed by atoms with Crippen molar-refractivity contribution in [1.29, 1.82) is 0 Å². The van der Waals surface area contributed by atoms with Gasteiger partial charge in [0.2, 0.25) is 0 Å². The normalized spacial score (nSPS) is 24.8. The Labute approximate surface area is 104 Å². The first-order valence-corrected chi connectivity index (χ1v) is 6.49. The highest BCUT2D eigenvalue weighted by Gasteiger charge is 2.24. The molecule has 1 N–H and O–H groups in total. The van der Waals surface area contributed by atoms with Crippen LogP contribution in [0.5, 0.6) is 0 Å². The molecule has 0 amide bonds. The van der Waals surface area contributed by atoms with E-state index in [1.54, 1.807) is 0 Å². The zero-order chi connectivity index (χ0) is 12.1. The van der Waals surface area contributed by atoms with Gasteiger partial charge in [-0.05, 0) is 37.9 Å². The first-order valence-electron chi connectivity index (χ1n) is 6.49. The Morgan fingerprint density at radius 1 is 1.35 bits per heavy atom. The third kappa shape index (κ3) is 3.51. The maximum absolute atomic E-state index is 6.02. The van der Waals surface area contributed by atoms with Crippen LogP contribution >= 0.6 is 0 Å². The zero-order valence-electron chi connectivity index (χ0n) is 10.8. The van der Waals surface area contributed by atoms with Gasteiger partial charge >= 0.3 is 0 Å². The van der Waals surface area contributed by atoms with Crippen molar-refractivity contribution < 1.29 is 4.74 Å². The molecule has 1 aliphatic rings. The van der Waals surface area contributed by atoms with E-state index >= 15 is 0 Å². The highest BCUT2D eigenvalue weighted by Crippen LogP contribution is 2.22. The van der Waals surface area contributed by atoms with Crippen molar-refractivity contribution in [2.24, 2.45) is 0 Å². The largest absolute Gasteiger partial charge is 0.372 e. The van der Waals surface area contributed by atoms with Gasteiger partial charge in [0.25, 0.3) is 0 Å². The van der Waals surface area contributed by atoms with Crippen molar-refractivity contribution in [3.63, 3.8) is 0 Å². The van der Waals surface area contributed by atoms with Crippen LogP contribution in [-0.2, 0) is 11.3 Å². The van der Waals surface area contributed by atoms with Crippen molar-refractivity contribution in [3.8, 4) is 0 Å². The smallest absolute Gasteiger partial charge is 0.0736 e. The Morgan fingerprint density at radius 3 is 2.94 bits per heavy atom. The summed E-state index contributed by atoms with van der Waals surface area (Å²) in [6.45, 7) is 2.74. The molecule has 0 aromatic carbocycles. The maximum Gasteiger partial charge on any atom is 0.0736 e. The van der Waals surface area contributed by atoms with Crippen LogP contribution in [0.3, 0.4) is 0 Å². The molecule has 2 rings (SSSR count). The number of aryl methyl sites for hydroxylation is 1. The van der Waals surface area contributed by atoms with Gasteiger partial charge in [-0.25, -0.2) is 0 Å². The minimum absolute atomic E-state index is 0.356. The minimum Gasteiger partial charge on any atom is -0.372 e. The fraction of sp³-hybridized carbons (Fsp3) is 0.643. The molecule has 3 nitrogen and oxygen atoms in total. The summed E-state index contributed by atoms with van der Waals surface area (Å²) >= 11 is 0. The maximum atomic E-state index is 6.02. The first kappa shape index (κ1) is 12.5. The number of hydrogen-bond acceptors (Lipinski definition) is 3. The SMILES string of the molecule is CNC1CCCCC1OCc1cncc(C)c1. The van der Waals surface area contributed by atoms with Gasteiger partial charge in [0, 0.05) is 18.4 Å². The fourth-order valence-corrected chi connectivity index (χ4v) is 2.53. The van der Waals surface area contributed by atoms with Crippen LogP contribution in [0.4, 0.5) is 0 Å². The summed E-state index contributed by atoms with van der Waals surface area (Å²) in [7, 11) is 2.03. The number of nitrogens with zero attached hydrogens (tertiary/aromatic N) is 1. The molecule has 17 heavy (non-hydrogen) atoms. The quantitative estimate of drug-likeness (QED) is 0.869. The van der Waals surface area contributed by atoms with Crippen molar-refractivity contribution >= 4 is 0 Å². The Balaban J connectivity index is 1.88. The second-order valence-electron chi connectivity index (χ2n) is 4.90.